The third-order valence-electron chi connectivity index (χ3n) is 3.40. The second kappa shape index (κ2) is 7.76. The van der Waals surface area contributed by atoms with Crippen molar-refractivity contribution in [3.05, 3.63) is 64.4 Å². The zero-order valence-corrected chi connectivity index (χ0v) is 14.5. The Morgan fingerprint density at radius 2 is 2.05 bits per heavy atom. The van der Waals surface area contributed by atoms with E-state index in [0.717, 1.165) is 35.3 Å². The molecule has 0 saturated heterocycles. The Morgan fingerprint density at radius 1 is 1.18 bits per heavy atom. The summed E-state index contributed by atoms with van der Waals surface area (Å²) in [5.74, 6) is 0.942. The number of hydrogen-bond donors (Lipinski definition) is 2. The molecular formula is C16H18BrN4S+. The van der Waals surface area contributed by atoms with E-state index in [0.29, 0.717) is 0 Å². The molecule has 0 bridgehead atoms. The number of aromatic nitrogens is 1. The fraction of sp³-hybridized carbons (Fsp3) is 0.250. The zero-order chi connectivity index (χ0) is 15.2. The Kier molecular flexibility index (Phi) is 5.48. The van der Waals surface area contributed by atoms with Gasteiger partial charge in [0.2, 0.25) is 0 Å². The molecule has 1 aliphatic heterocycles. The molecule has 0 fully saturated rings. The molecular weight excluding hydrogens is 360 g/mol. The number of rotatable bonds is 4. The normalized spacial score (nSPS) is 17.7. The second-order valence-electron chi connectivity index (χ2n) is 5.18. The smallest absolute Gasteiger partial charge is 0.175 e. The van der Waals surface area contributed by atoms with E-state index in [4.69, 9.17) is 0 Å². The first-order valence-corrected chi connectivity index (χ1v) is 8.95. The number of pyridine rings is 1. The van der Waals surface area contributed by atoms with E-state index in [1.54, 1.807) is 11.8 Å². The van der Waals surface area contributed by atoms with Crippen LogP contribution in [0.25, 0.3) is 0 Å². The summed E-state index contributed by atoms with van der Waals surface area (Å²) in [5, 5.41) is 4.46. The van der Waals surface area contributed by atoms with Crippen LogP contribution in [0.1, 0.15) is 11.1 Å². The van der Waals surface area contributed by atoms with Gasteiger partial charge in [0.15, 0.2) is 18.5 Å². The molecule has 6 heteroatoms. The summed E-state index contributed by atoms with van der Waals surface area (Å²) in [5.41, 5.74) is 2.56. The van der Waals surface area contributed by atoms with Crippen LogP contribution in [0.4, 0.5) is 0 Å². The number of thioether (sulfide) groups is 1. The first-order valence-electron chi connectivity index (χ1n) is 7.17. The Labute approximate surface area is 143 Å². The summed E-state index contributed by atoms with van der Waals surface area (Å²) in [7, 11) is 0. The number of hydrogen-bond acceptors (Lipinski definition) is 4. The summed E-state index contributed by atoms with van der Waals surface area (Å²) in [6.45, 7) is 2.67. The summed E-state index contributed by atoms with van der Waals surface area (Å²) >= 11 is 5.22. The quantitative estimate of drug-likeness (QED) is 0.856. The van der Waals surface area contributed by atoms with Crippen molar-refractivity contribution in [2.75, 3.05) is 13.3 Å². The predicted molar refractivity (Wildman–Crippen MR) is 94.6 cm³/mol. The van der Waals surface area contributed by atoms with Gasteiger partial charge in [-0.05, 0) is 23.8 Å². The van der Waals surface area contributed by atoms with Gasteiger partial charge in [-0.15, -0.1) is 0 Å². The van der Waals surface area contributed by atoms with Gasteiger partial charge in [0.05, 0.1) is 0 Å². The number of nitrogens with zero attached hydrogens (tertiary/aromatic N) is 2. The number of amidine groups is 1. The highest BCUT2D eigenvalue weighted by atomic mass is 79.9. The lowest BCUT2D eigenvalue weighted by atomic mass is 10.2. The number of aliphatic imine (C=N–C) groups is 1. The van der Waals surface area contributed by atoms with Crippen LogP contribution in [0, 0.1) is 0 Å². The van der Waals surface area contributed by atoms with Gasteiger partial charge in [-0.2, -0.15) is 0 Å². The molecule has 0 aliphatic carbocycles. The molecule has 0 saturated carbocycles. The average molecular weight is 378 g/mol. The van der Waals surface area contributed by atoms with Gasteiger partial charge in [0.25, 0.3) is 0 Å². The monoisotopic (exact) mass is 377 g/mol. The Bertz CT molecular complexity index is 630. The largest absolute Gasteiger partial charge is 0.318 e. The van der Waals surface area contributed by atoms with Crippen molar-refractivity contribution in [1.82, 2.24) is 10.3 Å². The highest BCUT2D eigenvalue weighted by molar-refractivity contribution is 9.10. The van der Waals surface area contributed by atoms with Crippen molar-refractivity contribution in [2.24, 2.45) is 4.99 Å². The molecule has 0 amide bonds. The molecule has 0 radical (unpaired) electrons. The molecule has 1 aliphatic rings. The lowest BCUT2D eigenvalue weighted by molar-refractivity contribution is -0.916. The molecule has 1 aromatic carbocycles. The molecule has 2 aromatic rings. The third-order valence-corrected chi connectivity index (χ3v) is 4.95. The first kappa shape index (κ1) is 15.5. The summed E-state index contributed by atoms with van der Waals surface area (Å²) < 4.78 is 1.11. The van der Waals surface area contributed by atoms with E-state index in [2.05, 4.69) is 61.6 Å². The minimum Gasteiger partial charge on any atom is -0.318 e. The van der Waals surface area contributed by atoms with Crippen LogP contribution in [-0.2, 0) is 12.3 Å². The van der Waals surface area contributed by atoms with Crippen LogP contribution in [0.3, 0.4) is 0 Å². The van der Waals surface area contributed by atoms with Gasteiger partial charge < -0.3 is 5.32 Å². The van der Waals surface area contributed by atoms with E-state index in [-0.39, 0.29) is 0 Å². The van der Waals surface area contributed by atoms with Crippen LogP contribution in [0.2, 0.25) is 0 Å². The number of benzene rings is 1. The number of quaternary nitrogens is 1. The average Bonchev–Trinajstić information content (AvgIpc) is 2.57. The minimum absolute atomic E-state index is 0.810. The van der Waals surface area contributed by atoms with Crippen LogP contribution in [0.15, 0.2) is 58.3 Å². The van der Waals surface area contributed by atoms with Crippen molar-refractivity contribution >= 4 is 32.9 Å². The summed E-state index contributed by atoms with van der Waals surface area (Å²) in [6.07, 6.45) is 3.73. The molecule has 2 N–H and O–H groups in total. The molecule has 1 unspecified atom stereocenters. The molecule has 0 spiro atoms. The number of halogens is 1. The van der Waals surface area contributed by atoms with Gasteiger partial charge in [-0.25, -0.2) is 4.99 Å². The maximum Gasteiger partial charge on any atom is 0.175 e. The van der Waals surface area contributed by atoms with Crippen molar-refractivity contribution in [3.8, 4) is 0 Å². The fourth-order valence-electron chi connectivity index (χ4n) is 2.23. The van der Waals surface area contributed by atoms with Gasteiger partial charge >= 0.3 is 0 Å². The van der Waals surface area contributed by atoms with Gasteiger partial charge in [-0.1, -0.05) is 45.9 Å². The maximum atomic E-state index is 4.64. The first-order chi connectivity index (χ1) is 10.8. The van der Waals surface area contributed by atoms with Gasteiger partial charge in [-0.3, -0.25) is 9.88 Å². The molecule has 2 heterocycles. The topological polar surface area (TPSA) is 41.7 Å². The van der Waals surface area contributed by atoms with E-state index >= 15 is 0 Å². The van der Waals surface area contributed by atoms with Gasteiger partial charge in [0.1, 0.15) is 6.54 Å². The van der Waals surface area contributed by atoms with Crippen LogP contribution in [-0.4, -0.2) is 23.5 Å². The summed E-state index contributed by atoms with van der Waals surface area (Å²) in [6, 6.07) is 12.5. The minimum atomic E-state index is 0.810. The fourth-order valence-corrected chi connectivity index (χ4v) is 3.33. The molecule has 4 nitrogen and oxygen atoms in total. The van der Waals surface area contributed by atoms with Crippen molar-refractivity contribution in [3.63, 3.8) is 0 Å². The molecule has 1 atom stereocenters. The molecule has 22 heavy (non-hydrogen) atoms. The van der Waals surface area contributed by atoms with Crippen LogP contribution >= 0.6 is 27.7 Å². The molecule has 3 rings (SSSR count). The lowest BCUT2D eigenvalue weighted by Gasteiger charge is -2.23. The number of nitrogens with one attached hydrogen (secondary N) is 2. The Morgan fingerprint density at radius 3 is 2.73 bits per heavy atom. The zero-order valence-electron chi connectivity index (χ0n) is 12.1. The maximum absolute atomic E-state index is 4.64. The molecule has 1 aromatic heterocycles. The van der Waals surface area contributed by atoms with E-state index in [9.17, 15) is 0 Å². The van der Waals surface area contributed by atoms with Crippen molar-refractivity contribution in [1.29, 1.82) is 0 Å². The third kappa shape index (κ3) is 4.56. The second-order valence-corrected chi connectivity index (χ2v) is 7.06. The van der Waals surface area contributed by atoms with Crippen LogP contribution in [0.5, 0.6) is 0 Å². The van der Waals surface area contributed by atoms with E-state index < -0.39 is 0 Å². The molecule has 114 valence electrons. The SMILES string of the molecule is Brc1ccc(CSC2=NC[NH+](Cc3cccnc3)CN2)cc1. The highest BCUT2D eigenvalue weighted by Crippen LogP contribution is 2.16. The van der Waals surface area contributed by atoms with Gasteiger partial charge in [0, 0.05) is 28.2 Å². The van der Waals surface area contributed by atoms with Crippen LogP contribution < -0.4 is 10.2 Å². The van der Waals surface area contributed by atoms with E-state index in [1.165, 1.54) is 16.0 Å². The highest BCUT2D eigenvalue weighted by Gasteiger charge is 2.15. The summed E-state index contributed by atoms with van der Waals surface area (Å²) in [4.78, 5) is 10.2. The van der Waals surface area contributed by atoms with Crippen molar-refractivity contribution in [2.45, 2.75) is 12.3 Å². The lowest BCUT2D eigenvalue weighted by Crippen LogP contribution is -3.13. The Balaban J connectivity index is 1.48. The van der Waals surface area contributed by atoms with E-state index in [1.807, 2.05) is 18.5 Å². The van der Waals surface area contributed by atoms with Crippen molar-refractivity contribution < 1.29 is 4.90 Å². The predicted octanol–water partition coefficient (Wildman–Crippen LogP) is 2.04. The Hall–Kier alpha value is -1.37. The standard InChI is InChI=1S/C16H17BrN4S/c17-15-5-3-13(4-6-15)10-22-16-19-11-21(12-20-16)9-14-2-1-7-18-8-14/h1-8H,9-12H2,(H,19,20)/p+1.